The molecule has 20 heavy (non-hydrogen) atoms. The number of hydrogen-bond acceptors (Lipinski definition) is 5. The van der Waals surface area contributed by atoms with Gasteiger partial charge in [0.25, 0.3) is 10.2 Å². The molecule has 0 amide bonds. The maximum Gasteiger partial charge on any atom is 0.324 e. The van der Waals surface area contributed by atoms with E-state index in [4.69, 9.17) is 4.74 Å². The molecule has 0 radical (unpaired) electrons. The third kappa shape index (κ3) is 3.02. The van der Waals surface area contributed by atoms with E-state index in [2.05, 4.69) is 0 Å². The SMILES string of the molecule is COC(=O)[C@H]1CCCCN1S(=O)(=O)N1CCC(=O)CC1. The van der Waals surface area contributed by atoms with E-state index in [1.165, 1.54) is 15.7 Å². The summed E-state index contributed by atoms with van der Waals surface area (Å²) < 4.78 is 32.5. The number of esters is 1. The molecular formula is C12H20N2O5S. The van der Waals surface area contributed by atoms with Crippen molar-refractivity contribution in [3.63, 3.8) is 0 Å². The highest BCUT2D eigenvalue weighted by atomic mass is 32.2. The molecule has 2 heterocycles. The summed E-state index contributed by atoms with van der Waals surface area (Å²) in [7, 11) is -2.43. The van der Waals surface area contributed by atoms with E-state index in [0.29, 0.717) is 13.0 Å². The number of methoxy groups -OCH3 is 1. The van der Waals surface area contributed by atoms with E-state index in [-0.39, 0.29) is 31.7 Å². The number of piperidine rings is 2. The van der Waals surface area contributed by atoms with E-state index < -0.39 is 22.2 Å². The summed E-state index contributed by atoms with van der Waals surface area (Å²) in [6.07, 6.45) is 2.52. The van der Waals surface area contributed by atoms with Crippen LogP contribution in [0.5, 0.6) is 0 Å². The quantitative estimate of drug-likeness (QED) is 0.681. The fourth-order valence-electron chi connectivity index (χ4n) is 2.67. The molecule has 2 aliphatic heterocycles. The zero-order chi connectivity index (χ0) is 14.8. The maximum atomic E-state index is 12.6. The van der Waals surface area contributed by atoms with Crippen LogP contribution in [0.4, 0.5) is 0 Å². The molecule has 0 spiro atoms. The van der Waals surface area contributed by atoms with Gasteiger partial charge in [0.1, 0.15) is 11.8 Å². The second-order valence-electron chi connectivity index (χ2n) is 5.09. The highest BCUT2D eigenvalue weighted by Gasteiger charge is 2.41. The molecule has 2 aliphatic rings. The minimum atomic E-state index is -3.70. The lowest BCUT2D eigenvalue weighted by Gasteiger charge is -2.37. The van der Waals surface area contributed by atoms with Gasteiger partial charge in [-0.2, -0.15) is 17.0 Å². The second-order valence-corrected chi connectivity index (χ2v) is 6.97. The summed E-state index contributed by atoms with van der Waals surface area (Å²) in [6, 6.07) is -0.739. The van der Waals surface area contributed by atoms with Crippen molar-refractivity contribution >= 4 is 22.0 Å². The van der Waals surface area contributed by atoms with Crippen LogP contribution in [0, 0.1) is 0 Å². The van der Waals surface area contributed by atoms with Crippen molar-refractivity contribution in [3.05, 3.63) is 0 Å². The Morgan fingerprint density at radius 1 is 1.20 bits per heavy atom. The number of nitrogens with zero attached hydrogens (tertiary/aromatic N) is 2. The first-order valence-corrected chi connectivity index (χ1v) is 8.23. The van der Waals surface area contributed by atoms with Crippen LogP contribution in [0.15, 0.2) is 0 Å². The molecule has 0 aliphatic carbocycles. The van der Waals surface area contributed by atoms with E-state index >= 15 is 0 Å². The lowest BCUT2D eigenvalue weighted by Crippen LogP contribution is -2.55. The Bertz CT molecular complexity index is 480. The van der Waals surface area contributed by atoms with Crippen molar-refractivity contribution in [1.82, 2.24) is 8.61 Å². The number of hydrogen-bond donors (Lipinski definition) is 0. The summed E-state index contributed by atoms with van der Waals surface area (Å²) in [5.41, 5.74) is 0. The second kappa shape index (κ2) is 6.19. The van der Waals surface area contributed by atoms with Gasteiger partial charge in [-0.1, -0.05) is 0 Å². The first kappa shape index (κ1) is 15.4. The summed E-state index contributed by atoms with van der Waals surface area (Å²) in [4.78, 5) is 23.0. The molecule has 0 aromatic carbocycles. The van der Waals surface area contributed by atoms with Crippen LogP contribution in [0.2, 0.25) is 0 Å². The molecular weight excluding hydrogens is 284 g/mol. The van der Waals surface area contributed by atoms with Gasteiger partial charge in [-0.05, 0) is 19.3 Å². The first-order valence-electron chi connectivity index (χ1n) is 6.83. The molecule has 0 bridgehead atoms. The summed E-state index contributed by atoms with van der Waals surface area (Å²) in [5.74, 6) is -0.430. The topological polar surface area (TPSA) is 84.0 Å². The van der Waals surface area contributed by atoms with Crippen LogP contribution in [0.3, 0.4) is 0 Å². The molecule has 0 aromatic rings. The predicted octanol–water partition coefficient (Wildman–Crippen LogP) is -0.0764. The van der Waals surface area contributed by atoms with Gasteiger partial charge in [0.05, 0.1) is 7.11 Å². The summed E-state index contributed by atoms with van der Waals surface area (Å²) in [6.45, 7) is 0.726. The summed E-state index contributed by atoms with van der Waals surface area (Å²) in [5, 5.41) is 0. The number of ketones is 1. The molecule has 2 fully saturated rings. The van der Waals surface area contributed by atoms with Crippen molar-refractivity contribution in [2.75, 3.05) is 26.7 Å². The van der Waals surface area contributed by atoms with Crippen LogP contribution in [-0.4, -0.2) is 61.6 Å². The monoisotopic (exact) mass is 304 g/mol. The highest BCUT2D eigenvalue weighted by Crippen LogP contribution is 2.25. The Hall–Kier alpha value is -0.990. The third-order valence-corrected chi connectivity index (χ3v) is 5.88. The third-order valence-electron chi connectivity index (χ3n) is 3.83. The van der Waals surface area contributed by atoms with Crippen LogP contribution in [-0.2, 0) is 24.5 Å². The van der Waals surface area contributed by atoms with Gasteiger partial charge in [-0.25, -0.2) is 0 Å². The zero-order valence-corrected chi connectivity index (χ0v) is 12.4. The number of Topliss-reactive ketones (excluding diaryl/α,β-unsaturated/α-hetero) is 1. The minimum absolute atomic E-state index is 0.0830. The standard InChI is InChI=1S/C12H20N2O5S/c1-19-12(16)11-4-2-3-7-14(11)20(17,18)13-8-5-10(15)6-9-13/h11H,2-9H2,1H3/t11-/m1/s1. The number of rotatable bonds is 3. The average Bonchev–Trinajstić information content (AvgIpc) is 2.47. The Labute approximate surface area is 119 Å². The van der Waals surface area contributed by atoms with E-state index in [0.717, 1.165) is 12.8 Å². The van der Waals surface area contributed by atoms with Crippen molar-refractivity contribution in [3.8, 4) is 0 Å². The zero-order valence-electron chi connectivity index (χ0n) is 11.6. The van der Waals surface area contributed by atoms with E-state index in [1.54, 1.807) is 0 Å². The Kier molecular flexibility index (Phi) is 4.77. The number of ether oxygens (including phenoxy) is 1. The minimum Gasteiger partial charge on any atom is -0.468 e. The van der Waals surface area contributed by atoms with Crippen LogP contribution >= 0.6 is 0 Å². The fourth-order valence-corrected chi connectivity index (χ4v) is 4.48. The fraction of sp³-hybridized carbons (Fsp3) is 0.833. The largest absolute Gasteiger partial charge is 0.468 e. The molecule has 0 aromatic heterocycles. The Balaban J connectivity index is 2.17. The van der Waals surface area contributed by atoms with Crippen molar-refractivity contribution in [2.24, 2.45) is 0 Å². The van der Waals surface area contributed by atoms with Crippen molar-refractivity contribution in [2.45, 2.75) is 38.1 Å². The molecule has 2 rings (SSSR count). The van der Waals surface area contributed by atoms with Gasteiger partial charge in [0.2, 0.25) is 0 Å². The van der Waals surface area contributed by atoms with Crippen LogP contribution < -0.4 is 0 Å². The van der Waals surface area contributed by atoms with Gasteiger partial charge < -0.3 is 4.74 Å². The lowest BCUT2D eigenvalue weighted by molar-refractivity contribution is -0.146. The Morgan fingerprint density at radius 2 is 1.85 bits per heavy atom. The Morgan fingerprint density at radius 3 is 2.45 bits per heavy atom. The molecule has 8 heteroatoms. The van der Waals surface area contributed by atoms with E-state index in [1.807, 2.05) is 0 Å². The van der Waals surface area contributed by atoms with Gasteiger partial charge in [0, 0.05) is 32.5 Å². The number of carbonyl (C=O) groups is 2. The maximum absolute atomic E-state index is 12.6. The molecule has 114 valence electrons. The van der Waals surface area contributed by atoms with Crippen LogP contribution in [0.1, 0.15) is 32.1 Å². The average molecular weight is 304 g/mol. The molecule has 7 nitrogen and oxygen atoms in total. The molecule has 2 saturated heterocycles. The van der Waals surface area contributed by atoms with Crippen LogP contribution in [0.25, 0.3) is 0 Å². The van der Waals surface area contributed by atoms with E-state index in [9.17, 15) is 18.0 Å². The first-order chi connectivity index (χ1) is 9.46. The molecule has 0 unspecified atom stereocenters. The smallest absolute Gasteiger partial charge is 0.324 e. The van der Waals surface area contributed by atoms with Gasteiger partial charge >= 0.3 is 5.97 Å². The molecule has 0 N–H and O–H groups in total. The van der Waals surface area contributed by atoms with Gasteiger partial charge in [0.15, 0.2) is 0 Å². The molecule has 0 saturated carbocycles. The highest BCUT2D eigenvalue weighted by molar-refractivity contribution is 7.86. The van der Waals surface area contributed by atoms with Crippen molar-refractivity contribution < 1.29 is 22.7 Å². The van der Waals surface area contributed by atoms with Gasteiger partial charge in [-0.3, -0.25) is 9.59 Å². The van der Waals surface area contributed by atoms with Gasteiger partial charge in [-0.15, -0.1) is 0 Å². The number of carbonyl (C=O) groups excluding carboxylic acids is 2. The summed E-state index contributed by atoms with van der Waals surface area (Å²) >= 11 is 0. The predicted molar refractivity (Wildman–Crippen MR) is 71.1 cm³/mol. The molecule has 1 atom stereocenters. The normalized spacial score (nSPS) is 26.4. The lowest BCUT2D eigenvalue weighted by atomic mass is 10.1. The van der Waals surface area contributed by atoms with Crippen molar-refractivity contribution in [1.29, 1.82) is 0 Å².